The third-order valence-electron chi connectivity index (χ3n) is 1.53. The molecule has 0 amide bonds. The van der Waals surface area contributed by atoms with Gasteiger partial charge in [0, 0.05) is 0 Å². The van der Waals surface area contributed by atoms with Crippen LogP contribution < -0.4 is 0 Å². The van der Waals surface area contributed by atoms with Gasteiger partial charge < -0.3 is 23.9 Å². The molecule has 1 unspecified atom stereocenters. The molecule has 1 atom stereocenters. The van der Waals surface area contributed by atoms with Crippen LogP contribution in [0, 0.1) is 0 Å². The molecule has 0 fully saturated rings. The maximum Gasteiger partial charge on any atom is 0.348 e. The lowest BCUT2D eigenvalue weighted by Crippen LogP contribution is -2.17. The largest absolute Gasteiger partial charge is 0.395 e. The van der Waals surface area contributed by atoms with Crippen molar-refractivity contribution in [3.05, 3.63) is 0 Å². The number of rotatable bonds is 7. The molecule has 0 rings (SSSR count). The van der Waals surface area contributed by atoms with Crippen molar-refractivity contribution < 1.29 is 33.1 Å². The van der Waals surface area contributed by atoms with Crippen LogP contribution in [-0.2, 0) is 18.2 Å². The second-order valence-corrected chi connectivity index (χ2v) is 7.06. The predicted octanol–water partition coefficient (Wildman–Crippen LogP) is 0.749. The molecule has 0 radical (unpaired) electrons. The number of aliphatic hydroxyl groups excluding tert-OH is 1. The van der Waals surface area contributed by atoms with E-state index < -0.39 is 27.2 Å². The van der Waals surface area contributed by atoms with Crippen LogP contribution in [0.25, 0.3) is 0 Å². The van der Waals surface area contributed by atoms with E-state index in [9.17, 15) is 9.13 Å². The third kappa shape index (κ3) is 4.33. The summed E-state index contributed by atoms with van der Waals surface area (Å²) in [7, 11) is -8.68. The van der Waals surface area contributed by atoms with E-state index in [0.717, 1.165) is 0 Å². The summed E-state index contributed by atoms with van der Waals surface area (Å²) in [6, 6.07) is 0. The zero-order valence-electron chi connectivity index (χ0n) is 8.57. The minimum Gasteiger partial charge on any atom is -0.395 e. The van der Waals surface area contributed by atoms with Gasteiger partial charge in [-0.1, -0.05) is 0 Å². The van der Waals surface area contributed by atoms with Gasteiger partial charge in [-0.25, -0.2) is 0 Å². The van der Waals surface area contributed by atoms with Gasteiger partial charge in [0.25, 0.3) is 0 Å². The molecular formula is C6H16O7P2. The molecule has 9 heteroatoms. The Hall–Kier alpha value is 0.260. The Labute approximate surface area is 88.1 Å². The highest BCUT2D eigenvalue weighted by Gasteiger charge is 2.46. The highest BCUT2D eigenvalue weighted by Crippen LogP contribution is 2.65. The van der Waals surface area contributed by atoms with E-state index in [1.165, 1.54) is 13.8 Å². The Morgan fingerprint density at radius 3 is 1.73 bits per heavy atom. The number of hydrogen-bond donors (Lipinski definition) is 3. The van der Waals surface area contributed by atoms with Gasteiger partial charge in [0.05, 0.1) is 19.8 Å². The molecule has 3 N–H and O–H groups in total. The average molecular weight is 262 g/mol. The molecule has 0 spiro atoms. The standard InChI is InChI=1S/C6H16O7P2/c1-3-12-15(11,13-4-2)6(5-7)14(8,9)10/h6-7H,3-5H2,1-2H3,(H2,8,9,10). The van der Waals surface area contributed by atoms with Crippen molar-refractivity contribution in [3.8, 4) is 0 Å². The molecule has 0 aliphatic carbocycles. The first-order valence-electron chi connectivity index (χ1n) is 4.36. The Kier molecular flexibility index (Phi) is 6.21. The Morgan fingerprint density at radius 1 is 1.13 bits per heavy atom. The van der Waals surface area contributed by atoms with Crippen LogP contribution in [0.5, 0.6) is 0 Å². The first kappa shape index (κ1) is 15.3. The summed E-state index contributed by atoms with van der Waals surface area (Å²) in [5.74, 6) is 0. The smallest absolute Gasteiger partial charge is 0.348 e. The van der Waals surface area contributed by atoms with E-state index in [1.807, 2.05) is 0 Å². The summed E-state index contributed by atoms with van der Waals surface area (Å²) in [5, 5.41) is 7.01. The Balaban J connectivity index is 5.03. The Morgan fingerprint density at radius 2 is 1.53 bits per heavy atom. The van der Waals surface area contributed by atoms with Crippen molar-refractivity contribution in [2.45, 2.75) is 19.2 Å². The van der Waals surface area contributed by atoms with Gasteiger partial charge in [0.1, 0.15) is 0 Å². The van der Waals surface area contributed by atoms with Crippen molar-refractivity contribution in [2.24, 2.45) is 0 Å². The zero-order valence-corrected chi connectivity index (χ0v) is 10.4. The highest BCUT2D eigenvalue weighted by molar-refractivity contribution is 7.71. The molecule has 0 aromatic rings. The topological polar surface area (TPSA) is 113 Å². The summed E-state index contributed by atoms with van der Waals surface area (Å²) >= 11 is 0. The van der Waals surface area contributed by atoms with Crippen LogP contribution in [0.1, 0.15) is 13.8 Å². The molecule has 0 aromatic heterocycles. The number of hydrogen-bond acceptors (Lipinski definition) is 5. The fourth-order valence-electron chi connectivity index (χ4n) is 0.960. The van der Waals surface area contributed by atoms with E-state index in [0.29, 0.717) is 0 Å². The second kappa shape index (κ2) is 6.11. The summed E-state index contributed by atoms with van der Waals surface area (Å²) < 4.78 is 32.3. The minimum atomic E-state index is -4.72. The Bertz CT molecular complexity index is 263. The van der Waals surface area contributed by atoms with Crippen molar-refractivity contribution in [1.29, 1.82) is 0 Å². The third-order valence-corrected chi connectivity index (χ3v) is 6.36. The molecular weight excluding hydrogens is 246 g/mol. The summed E-state index contributed by atoms with van der Waals surface area (Å²) in [4.78, 5) is 17.8. The van der Waals surface area contributed by atoms with E-state index in [4.69, 9.17) is 23.9 Å². The number of aliphatic hydroxyl groups is 1. The molecule has 0 heterocycles. The van der Waals surface area contributed by atoms with Gasteiger partial charge in [-0.15, -0.1) is 0 Å². The molecule has 0 bridgehead atoms. The van der Waals surface area contributed by atoms with Crippen LogP contribution in [0.15, 0.2) is 0 Å². The normalized spacial score (nSPS) is 15.3. The van der Waals surface area contributed by atoms with Gasteiger partial charge in [0.15, 0.2) is 5.40 Å². The maximum atomic E-state index is 11.9. The zero-order chi connectivity index (χ0) is 12.1. The molecule has 0 aromatic carbocycles. The molecule has 0 aliphatic heterocycles. The first-order chi connectivity index (χ1) is 6.81. The molecule has 0 saturated heterocycles. The highest BCUT2D eigenvalue weighted by atomic mass is 31.2. The molecule has 0 aliphatic rings. The van der Waals surface area contributed by atoms with Crippen LogP contribution in [0.3, 0.4) is 0 Å². The lowest BCUT2D eigenvalue weighted by atomic mass is 10.9. The second-order valence-electron chi connectivity index (χ2n) is 2.63. The minimum absolute atomic E-state index is 0.0201. The molecule has 15 heavy (non-hydrogen) atoms. The van der Waals surface area contributed by atoms with E-state index in [1.54, 1.807) is 0 Å². The lowest BCUT2D eigenvalue weighted by Gasteiger charge is -2.24. The van der Waals surface area contributed by atoms with Crippen molar-refractivity contribution >= 4 is 15.2 Å². The van der Waals surface area contributed by atoms with Gasteiger partial charge >= 0.3 is 15.2 Å². The van der Waals surface area contributed by atoms with Gasteiger partial charge in [-0.05, 0) is 13.8 Å². The van der Waals surface area contributed by atoms with E-state index >= 15 is 0 Å². The summed E-state index contributed by atoms with van der Waals surface area (Å²) in [5.41, 5.74) is 0. The van der Waals surface area contributed by atoms with Gasteiger partial charge in [-0.3, -0.25) is 9.13 Å². The predicted molar refractivity (Wildman–Crippen MR) is 53.8 cm³/mol. The fraction of sp³-hybridized carbons (Fsp3) is 1.00. The van der Waals surface area contributed by atoms with Crippen LogP contribution in [-0.4, -0.2) is 40.1 Å². The first-order valence-corrected chi connectivity index (χ1v) is 7.66. The quantitative estimate of drug-likeness (QED) is 0.580. The van der Waals surface area contributed by atoms with E-state index in [2.05, 4.69) is 0 Å². The summed E-state index contributed by atoms with van der Waals surface area (Å²) in [6.45, 7) is 2.03. The van der Waals surface area contributed by atoms with Gasteiger partial charge in [0.2, 0.25) is 0 Å². The molecule has 92 valence electrons. The molecule has 0 saturated carbocycles. The molecule has 7 nitrogen and oxygen atoms in total. The van der Waals surface area contributed by atoms with Crippen molar-refractivity contribution in [1.82, 2.24) is 0 Å². The van der Waals surface area contributed by atoms with Crippen LogP contribution >= 0.6 is 15.2 Å². The van der Waals surface area contributed by atoms with Crippen LogP contribution in [0.2, 0.25) is 0 Å². The fourth-order valence-corrected chi connectivity index (χ4v) is 4.38. The van der Waals surface area contributed by atoms with E-state index in [-0.39, 0.29) is 13.2 Å². The maximum absolute atomic E-state index is 11.9. The average Bonchev–Trinajstić information content (AvgIpc) is 2.02. The lowest BCUT2D eigenvalue weighted by molar-refractivity contribution is 0.199. The van der Waals surface area contributed by atoms with Crippen molar-refractivity contribution in [3.63, 3.8) is 0 Å². The SMILES string of the molecule is CCOP(=O)(OCC)C(CO)P(=O)(O)O. The van der Waals surface area contributed by atoms with Crippen molar-refractivity contribution in [2.75, 3.05) is 19.8 Å². The van der Waals surface area contributed by atoms with Gasteiger partial charge in [-0.2, -0.15) is 0 Å². The summed E-state index contributed by atoms with van der Waals surface area (Å²) in [6.07, 6.45) is 0. The monoisotopic (exact) mass is 262 g/mol. The van der Waals surface area contributed by atoms with Crippen LogP contribution in [0.4, 0.5) is 0 Å².